The Morgan fingerprint density at radius 1 is 1.43 bits per heavy atom. The minimum absolute atomic E-state index is 0.0828. The fraction of sp³-hybridized carbons (Fsp3) is 0.636. The number of aromatic amines is 1. The summed E-state index contributed by atoms with van der Waals surface area (Å²) in [4.78, 5) is 19.0. The number of nitrogens with one attached hydrogen (secondary N) is 1. The number of rotatable bonds is 2. The van der Waals surface area contributed by atoms with E-state index in [2.05, 4.69) is 9.97 Å². The van der Waals surface area contributed by atoms with Crippen molar-refractivity contribution in [2.75, 3.05) is 0 Å². The first kappa shape index (κ1) is 9.44. The number of H-pyrrole nitrogens is 1. The fourth-order valence-electron chi connectivity index (χ4n) is 1.87. The van der Waals surface area contributed by atoms with Gasteiger partial charge in [0.25, 0.3) is 0 Å². The zero-order valence-electron chi connectivity index (χ0n) is 8.76. The van der Waals surface area contributed by atoms with Crippen LogP contribution in [0.5, 0.6) is 0 Å². The second kappa shape index (κ2) is 3.56. The highest BCUT2D eigenvalue weighted by Crippen LogP contribution is 2.22. The van der Waals surface area contributed by atoms with E-state index in [1.165, 1.54) is 24.2 Å². The van der Waals surface area contributed by atoms with E-state index in [0.29, 0.717) is 0 Å². The molecular weight excluding hydrogens is 176 g/mol. The molecular formula is C11H16N2O. The van der Waals surface area contributed by atoms with E-state index in [1.807, 2.05) is 6.92 Å². The highest BCUT2D eigenvalue weighted by atomic mass is 16.1. The lowest BCUT2D eigenvalue weighted by atomic mass is 10.0. The second-order valence-corrected chi connectivity index (χ2v) is 4.09. The number of nitrogens with zero attached hydrogens (tertiary/aromatic N) is 1. The molecule has 0 radical (unpaired) electrons. The summed E-state index contributed by atoms with van der Waals surface area (Å²) in [6, 6.07) is 0. The maximum atomic E-state index is 11.2. The highest BCUT2D eigenvalue weighted by molar-refractivity contribution is 5.82. The van der Waals surface area contributed by atoms with E-state index in [4.69, 9.17) is 0 Å². The van der Waals surface area contributed by atoms with Crippen LogP contribution in [0.4, 0.5) is 0 Å². The molecule has 0 spiro atoms. The van der Waals surface area contributed by atoms with Crippen molar-refractivity contribution in [3.63, 3.8) is 0 Å². The van der Waals surface area contributed by atoms with Gasteiger partial charge in [-0.1, -0.05) is 0 Å². The van der Waals surface area contributed by atoms with Crippen molar-refractivity contribution in [3.8, 4) is 0 Å². The van der Waals surface area contributed by atoms with Crippen LogP contribution in [0.3, 0.4) is 0 Å². The molecule has 1 atom stereocenters. The number of aryl methyl sites for hydroxylation is 2. The highest BCUT2D eigenvalue weighted by Gasteiger charge is 2.19. The topological polar surface area (TPSA) is 45.8 Å². The molecule has 1 heterocycles. The van der Waals surface area contributed by atoms with E-state index >= 15 is 0 Å². The SMILES string of the molecule is CC(=O)C(C)c1nc2c([nH]1)CCCC2. The number of hydrogen-bond donors (Lipinski definition) is 1. The van der Waals surface area contributed by atoms with Crippen LogP contribution in [0, 0.1) is 0 Å². The Labute approximate surface area is 83.9 Å². The van der Waals surface area contributed by atoms with Crippen LogP contribution in [0.25, 0.3) is 0 Å². The van der Waals surface area contributed by atoms with E-state index in [-0.39, 0.29) is 11.7 Å². The van der Waals surface area contributed by atoms with Gasteiger partial charge in [0.1, 0.15) is 11.6 Å². The normalized spacial score (nSPS) is 17.6. The summed E-state index contributed by atoms with van der Waals surface area (Å²) in [5.74, 6) is 0.945. The standard InChI is InChI=1S/C11H16N2O/c1-7(8(2)14)11-12-9-5-3-4-6-10(9)13-11/h7H,3-6H2,1-2H3,(H,12,13). The zero-order valence-corrected chi connectivity index (χ0v) is 8.76. The summed E-state index contributed by atoms with van der Waals surface area (Å²) in [6.07, 6.45) is 4.62. The number of ketones is 1. The number of carbonyl (C=O) groups is 1. The molecule has 2 rings (SSSR count). The average molecular weight is 192 g/mol. The zero-order chi connectivity index (χ0) is 10.1. The molecule has 1 aliphatic carbocycles. The van der Waals surface area contributed by atoms with Crippen molar-refractivity contribution in [1.29, 1.82) is 0 Å². The molecule has 1 N–H and O–H groups in total. The Morgan fingerprint density at radius 2 is 2.14 bits per heavy atom. The van der Waals surface area contributed by atoms with Crippen LogP contribution in [-0.4, -0.2) is 15.8 Å². The Morgan fingerprint density at radius 3 is 2.79 bits per heavy atom. The smallest absolute Gasteiger partial charge is 0.140 e. The van der Waals surface area contributed by atoms with Crippen LogP contribution >= 0.6 is 0 Å². The molecule has 14 heavy (non-hydrogen) atoms. The van der Waals surface area contributed by atoms with Crippen LogP contribution < -0.4 is 0 Å². The van der Waals surface area contributed by atoms with Crippen LogP contribution in [0.2, 0.25) is 0 Å². The number of Topliss-reactive ketones (excluding diaryl/α,β-unsaturated/α-hetero) is 1. The quantitative estimate of drug-likeness (QED) is 0.778. The molecule has 0 saturated carbocycles. The molecule has 76 valence electrons. The minimum Gasteiger partial charge on any atom is -0.345 e. The van der Waals surface area contributed by atoms with Crippen LogP contribution in [-0.2, 0) is 17.6 Å². The molecule has 0 aromatic carbocycles. The maximum absolute atomic E-state index is 11.2. The lowest BCUT2D eigenvalue weighted by Gasteiger charge is -2.07. The van der Waals surface area contributed by atoms with Crippen molar-refractivity contribution in [2.45, 2.75) is 45.4 Å². The van der Waals surface area contributed by atoms with Gasteiger partial charge in [0.2, 0.25) is 0 Å². The Kier molecular flexibility index (Phi) is 2.40. The summed E-state index contributed by atoms with van der Waals surface area (Å²) in [7, 11) is 0. The van der Waals surface area contributed by atoms with Crippen LogP contribution in [0.1, 0.15) is 49.8 Å². The van der Waals surface area contributed by atoms with Gasteiger partial charge in [0, 0.05) is 5.69 Å². The average Bonchev–Trinajstić information content (AvgIpc) is 2.59. The maximum Gasteiger partial charge on any atom is 0.140 e. The predicted molar refractivity (Wildman–Crippen MR) is 54.3 cm³/mol. The van der Waals surface area contributed by atoms with E-state index < -0.39 is 0 Å². The molecule has 0 fully saturated rings. The van der Waals surface area contributed by atoms with Gasteiger partial charge in [-0.2, -0.15) is 0 Å². The molecule has 1 aliphatic rings. The van der Waals surface area contributed by atoms with Crippen molar-refractivity contribution in [3.05, 3.63) is 17.2 Å². The monoisotopic (exact) mass is 192 g/mol. The lowest BCUT2D eigenvalue weighted by Crippen LogP contribution is -2.06. The van der Waals surface area contributed by atoms with Gasteiger partial charge in [0.05, 0.1) is 11.6 Å². The summed E-state index contributed by atoms with van der Waals surface area (Å²) in [6.45, 7) is 3.53. The predicted octanol–water partition coefficient (Wildman–Crippen LogP) is 1.98. The first-order valence-corrected chi connectivity index (χ1v) is 5.26. The van der Waals surface area contributed by atoms with Gasteiger partial charge in [0.15, 0.2) is 0 Å². The summed E-state index contributed by atoms with van der Waals surface area (Å²) < 4.78 is 0. The number of imidazole rings is 1. The first-order chi connectivity index (χ1) is 6.68. The molecule has 1 unspecified atom stereocenters. The molecule has 0 bridgehead atoms. The summed E-state index contributed by atoms with van der Waals surface area (Å²) in [5.41, 5.74) is 2.43. The first-order valence-electron chi connectivity index (χ1n) is 5.26. The molecule has 0 aliphatic heterocycles. The summed E-state index contributed by atoms with van der Waals surface area (Å²) >= 11 is 0. The third-order valence-electron chi connectivity index (χ3n) is 2.99. The van der Waals surface area contributed by atoms with Crippen molar-refractivity contribution in [2.24, 2.45) is 0 Å². The Hall–Kier alpha value is -1.12. The number of aromatic nitrogens is 2. The largest absolute Gasteiger partial charge is 0.345 e. The van der Waals surface area contributed by atoms with Gasteiger partial charge >= 0.3 is 0 Å². The van der Waals surface area contributed by atoms with Crippen molar-refractivity contribution < 1.29 is 4.79 Å². The Bertz CT molecular complexity index is 331. The molecule has 0 saturated heterocycles. The van der Waals surface area contributed by atoms with Gasteiger partial charge in [-0.25, -0.2) is 4.98 Å². The molecule has 3 heteroatoms. The third-order valence-corrected chi connectivity index (χ3v) is 2.99. The molecule has 1 aromatic rings. The molecule has 1 aromatic heterocycles. The Balaban J connectivity index is 2.28. The van der Waals surface area contributed by atoms with Crippen molar-refractivity contribution >= 4 is 5.78 Å². The van der Waals surface area contributed by atoms with Crippen LogP contribution in [0.15, 0.2) is 0 Å². The van der Waals surface area contributed by atoms with Gasteiger partial charge in [-0.05, 0) is 39.5 Å². The van der Waals surface area contributed by atoms with Gasteiger partial charge in [-0.15, -0.1) is 0 Å². The lowest BCUT2D eigenvalue weighted by molar-refractivity contribution is -0.118. The van der Waals surface area contributed by atoms with Gasteiger partial charge in [-0.3, -0.25) is 4.79 Å². The second-order valence-electron chi connectivity index (χ2n) is 4.09. The van der Waals surface area contributed by atoms with Crippen molar-refractivity contribution in [1.82, 2.24) is 9.97 Å². The number of fused-ring (bicyclic) bond motifs is 1. The summed E-state index contributed by atoms with van der Waals surface area (Å²) in [5, 5.41) is 0. The molecule has 0 amide bonds. The third kappa shape index (κ3) is 1.59. The van der Waals surface area contributed by atoms with E-state index in [0.717, 1.165) is 18.7 Å². The van der Waals surface area contributed by atoms with Gasteiger partial charge < -0.3 is 4.98 Å². The van der Waals surface area contributed by atoms with E-state index in [9.17, 15) is 4.79 Å². The van der Waals surface area contributed by atoms with E-state index in [1.54, 1.807) is 6.92 Å². The fourth-order valence-corrected chi connectivity index (χ4v) is 1.87. The minimum atomic E-state index is -0.0828. The number of hydrogen-bond acceptors (Lipinski definition) is 2. The number of carbonyl (C=O) groups excluding carboxylic acids is 1. The molecule has 3 nitrogen and oxygen atoms in total.